The summed E-state index contributed by atoms with van der Waals surface area (Å²) in [4.78, 5) is 16.4. The third-order valence-corrected chi connectivity index (χ3v) is 3.50. The number of hydrogen-bond donors (Lipinski definition) is 0. The highest BCUT2D eigenvalue weighted by Crippen LogP contribution is 2.15. The summed E-state index contributed by atoms with van der Waals surface area (Å²) in [5, 5.41) is 0. The first-order valence-electron chi connectivity index (χ1n) is 6.43. The molecule has 0 spiro atoms. The van der Waals surface area contributed by atoms with Crippen LogP contribution >= 0.6 is 0 Å². The summed E-state index contributed by atoms with van der Waals surface area (Å²) >= 11 is 0. The molecule has 0 bridgehead atoms. The van der Waals surface area contributed by atoms with Crippen molar-refractivity contribution in [3.8, 4) is 0 Å². The molecule has 98 valence electrons. The number of methoxy groups -OCH3 is 1. The molecule has 0 saturated carbocycles. The maximum atomic E-state index is 12.1. The average Bonchev–Trinajstić information content (AvgIpc) is 2.90. The van der Waals surface area contributed by atoms with Crippen LogP contribution in [0.15, 0.2) is 0 Å². The Hall–Kier alpha value is -0.650. The molecule has 5 nitrogen and oxygen atoms in total. The highest BCUT2D eigenvalue weighted by Gasteiger charge is 2.30. The predicted molar refractivity (Wildman–Crippen MR) is 63.9 cm³/mol. The second kappa shape index (κ2) is 6.33. The van der Waals surface area contributed by atoms with E-state index in [9.17, 15) is 4.79 Å². The maximum absolute atomic E-state index is 12.1. The molecule has 0 aromatic carbocycles. The largest absolute Gasteiger partial charge is 0.383 e. The number of carbonyl (C=O) groups is 1. The fourth-order valence-electron chi connectivity index (χ4n) is 2.39. The van der Waals surface area contributed by atoms with E-state index < -0.39 is 0 Å². The number of hydrogen-bond acceptors (Lipinski definition) is 4. The van der Waals surface area contributed by atoms with Crippen molar-refractivity contribution in [3.63, 3.8) is 0 Å². The number of rotatable bonds is 4. The Kier molecular flexibility index (Phi) is 4.76. The molecule has 5 heteroatoms. The number of piperazine rings is 1. The lowest BCUT2D eigenvalue weighted by Gasteiger charge is -2.35. The zero-order valence-corrected chi connectivity index (χ0v) is 10.6. The Labute approximate surface area is 103 Å². The van der Waals surface area contributed by atoms with Gasteiger partial charge in [0.25, 0.3) is 5.91 Å². The van der Waals surface area contributed by atoms with Crippen LogP contribution in [0.3, 0.4) is 0 Å². The Morgan fingerprint density at radius 3 is 2.71 bits per heavy atom. The van der Waals surface area contributed by atoms with Gasteiger partial charge in [-0.15, -0.1) is 0 Å². The smallest absolute Gasteiger partial charge is 0.251 e. The topological polar surface area (TPSA) is 42.0 Å². The highest BCUT2D eigenvalue weighted by molar-refractivity contribution is 5.81. The second-order valence-electron chi connectivity index (χ2n) is 4.66. The van der Waals surface area contributed by atoms with Crippen LogP contribution in [0.2, 0.25) is 0 Å². The SMILES string of the molecule is COCCN1CCN(C(=O)C2CCCO2)CC1. The van der Waals surface area contributed by atoms with Gasteiger partial charge in [0.2, 0.25) is 0 Å². The number of ether oxygens (including phenoxy) is 2. The predicted octanol–water partition coefficient (Wildman–Crippen LogP) is -0.0440. The van der Waals surface area contributed by atoms with E-state index in [1.165, 1.54) is 0 Å². The van der Waals surface area contributed by atoms with Gasteiger partial charge in [0.1, 0.15) is 6.10 Å². The molecule has 0 radical (unpaired) electrons. The van der Waals surface area contributed by atoms with Gasteiger partial charge in [0, 0.05) is 46.4 Å². The van der Waals surface area contributed by atoms with Crippen LogP contribution in [-0.4, -0.2) is 74.9 Å². The molecule has 2 saturated heterocycles. The molecule has 1 atom stereocenters. The third kappa shape index (κ3) is 3.40. The van der Waals surface area contributed by atoms with Crippen molar-refractivity contribution in [1.29, 1.82) is 0 Å². The minimum atomic E-state index is -0.166. The lowest BCUT2D eigenvalue weighted by molar-refractivity contribution is -0.142. The van der Waals surface area contributed by atoms with Crippen molar-refractivity contribution in [3.05, 3.63) is 0 Å². The summed E-state index contributed by atoms with van der Waals surface area (Å²) < 4.78 is 10.5. The number of carbonyl (C=O) groups excluding carboxylic acids is 1. The van der Waals surface area contributed by atoms with Gasteiger partial charge in [-0.2, -0.15) is 0 Å². The van der Waals surface area contributed by atoms with E-state index in [1.807, 2.05) is 4.90 Å². The van der Waals surface area contributed by atoms with E-state index in [1.54, 1.807) is 7.11 Å². The Morgan fingerprint density at radius 2 is 2.12 bits per heavy atom. The first-order valence-corrected chi connectivity index (χ1v) is 6.43. The molecular weight excluding hydrogens is 220 g/mol. The monoisotopic (exact) mass is 242 g/mol. The molecule has 1 unspecified atom stereocenters. The van der Waals surface area contributed by atoms with Crippen LogP contribution in [0.25, 0.3) is 0 Å². The van der Waals surface area contributed by atoms with Gasteiger partial charge in [-0.25, -0.2) is 0 Å². The minimum Gasteiger partial charge on any atom is -0.383 e. The average molecular weight is 242 g/mol. The van der Waals surface area contributed by atoms with E-state index in [-0.39, 0.29) is 12.0 Å². The fraction of sp³-hybridized carbons (Fsp3) is 0.917. The lowest BCUT2D eigenvalue weighted by Crippen LogP contribution is -2.51. The van der Waals surface area contributed by atoms with Crippen LogP contribution in [0.1, 0.15) is 12.8 Å². The summed E-state index contributed by atoms with van der Waals surface area (Å²) in [6.45, 7) is 6.00. The fourth-order valence-corrected chi connectivity index (χ4v) is 2.39. The Bertz CT molecular complexity index is 246. The maximum Gasteiger partial charge on any atom is 0.251 e. The van der Waals surface area contributed by atoms with Crippen LogP contribution in [-0.2, 0) is 14.3 Å². The van der Waals surface area contributed by atoms with Crippen molar-refractivity contribution in [2.45, 2.75) is 18.9 Å². The summed E-state index contributed by atoms with van der Waals surface area (Å²) in [7, 11) is 1.72. The van der Waals surface area contributed by atoms with E-state index in [0.717, 1.165) is 58.8 Å². The van der Waals surface area contributed by atoms with Crippen molar-refractivity contribution in [2.24, 2.45) is 0 Å². The molecule has 0 aromatic rings. The van der Waals surface area contributed by atoms with Crippen LogP contribution in [0.4, 0.5) is 0 Å². The minimum absolute atomic E-state index is 0.166. The van der Waals surface area contributed by atoms with Crippen molar-refractivity contribution >= 4 is 5.91 Å². The molecule has 2 rings (SSSR count). The van der Waals surface area contributed by atoms with Crippen molar-refractivity contribution < 1.29 is 14.3 Å². The van der Waals surface area contributed by atoms with Gasteiger partial charge >= 0.3 is 0 Å². The summed E-state index contributed by atoms with van der Waals surface area (Å²) in [6.07, 6.45) is 1.74. The first kappa shape index (κ1) is 12.8. The third-order valence-electron chi connectivity index (χ3n) is 3.50. The van der Waals surface area contributed by atoms with Gasteiger partial charge < -0.3 is 14.4 Å². The molecule has 1 amide bonds. The van der Waals surface area contributed by atoms with E-state index in [0.29, 0.717) is 0 Å². The molecule has 2 heterocycles. The molecule has 0 aliphatic carbocycles. The highest BCUT2D eigenvalue weighted by atomic mass is 16.5. The van der Waals surface area contributed by atoms with Crippen molar-refractivity contribution in [1.82, 2.24) is 9.80 Å². The molecule has 17 heavy (non-hydrogen) atoms. The summed E-state index contributed by atoms with van der Waals surface area (Å²) in [6, 6.07) is 0. The van der Waals surface area contributed by atoms with Crippen LogP contribution in [0, 0.1) is 0 Å². The van der Waals surface area contributed by atoms with E-state index in [2.05, 4.69) is 4.90 Å². The molecule has 0 aromatic heterocycles. The number of nitrogens with zero attached hydrogens (tertiary/aromatic N) is 2. The van der Waals surface area contributed by atoms with Gasteiger partial charge in [-0.05, 0) is 12.8 Å². The van der Waals surface area contributed by atoms with Crippen LogP contribution in [0.5, 0.6) is 0 Å². The second-order valence-corrected chi connectivity index (χ2v) is 4.66. The van der Waals surface area contributed by atoms with Gasteiger partial charge in [0.15, 0.2) is 0 Å². The zero-order valence-electron chi connectivity index (χ0n) is 10.6. The zero-order chi connectivity index (χ0) is 12.1. The molecule has 2 fully saturated rings. The normalized spacial score (nSPS) is 26.4. The Morgan fingerprint density at radius 1 is 1.35 bits per heavy atom. The summed E-state index contributed by atoms with van der Waals surface area (Å²) in [5.74, 6) is 0.189. The molecular formula is C12H22N2O3. The van der Waals surface area contributed by atoms with Gasteiger partial charge in [-0.3, -0.25) is 9.69 Å². The number of amides is 1. The van der Waals surface area contributed by atoms with E-state index >= 15 is 0 Å². The lowest BCUT2D eigenvalue weighted by atomic mass is 10.2. The molecule has 0 N–H and O–H groups in total. The van der Waals surface area contributed by atoms with Gasteiger partial charge in [-0.1, -0.05) is 0 Å². The first-order chi connectivity index (χ1) is 8.31. The van der Waals surface area contributed by atoms with Gasteiger partial charge in [0.05, 0.1) is 6.61 Å². The van der Waals surface area contributed by atoms with Crippen molar-refractivity contribution in [2.75, 3.05) is 53.0 Å². The molecule has 2 aliphatic heterocycles. The quantitative estimate of drug-likeness (QED) is 0.693. The van der Waals surface area contributed by atoms with Crippen LogP contribution < -0.4 is 0 Å². The van der Waals surface area contributed by atoms with E-state index in [4.69, 9.17) is 9.47 Å². The molecule has 2 aliphatic rings. The summed E-state index contributed by atoms with van der Waals surface area (Å²) in [5.41, 5.74) is 0. The Balaban J connectivity index is 1.72. The standard InChI is InChI=1S/C12H22N2O3/c1-16-10-8-13-4-6-14(7-5-13)12(15)11-3-2-9-17-11/h11H,2-10H2,1H3.